The largest absolute Gasteiger partial charge is 0.478 e. The van der Waals surface area contributed by atoms with Crippen LogP contribution in [0.3, 0.4) is 0 Å². The Bertz CT molecular complexity index is 736. The van der Waals surface area contributed by atoms with Crippen molar-refractivity contribution in [2.75, 3.05) is 0 Å². The number of aromatic carboxylic acids is 1. The first kappa shape index (κ1) is 13.3. The Morgan fingerprint density at radius 3 is 2.90 bits per heavy atom. The van der Waals surface area contributed by atoms with Gasteiger partial charge in [0.2, 0.25) is 0 Å². The van der Waals surface area contributed by atoms with Crippen LogP contribution in [0, 0.1) is 0 Å². The number of carbonyl (C=O) groups is 1. The molecular weight excluding hydrogens is 302 g/mol. The number of nitrogens with zero attached hydrogens (tertiary/aromatic N) is 2. The molecule has 0 saturated heterocycles. The molecule has 0 amide bonds. The molecule has 3 rings (SSSR count). The van der Waals surface area contributed by atoms with Gasteiger partial charge in [-0.2, -0.15) is 0 Å². The van der Waals surface area contributed by atoms with Crippen LogP contribution < -0.4 is 5.69 Å². The number of aromatic amines is 1. The molecule has 1 saturated carbocycles. The highest BCUT2D eigenvalue weighted by Gasteiger charge is 2.29. The van der Waals surface area contributed by atoms with Gasteiger partial charge in [-0.15, -0.1) is 5.10 Å². The average molecular weight is 312 g/mol. The van der Waals surface area contributed by atoms with E-state index in [2.05, 4.69) is 10.2 Å². The molecule has 20 heavy (non-hydrogen) atoms. The highest BCUT2D eigenvalue weighted by molar-refractivity contribution is 7.99. The summed E-state index contributed by atoms with van der Waals surface area (Å²) < 4.78 is 1.57. The Hall–Kier alpha value is -1.73. The van der Waals surface area contributed by atoms with E-state index in [4.69, 9.17) is 11.6 Å². The first-order valence-corrected chi connectivity index (χ1v) is 7.13. The van der Waals surface area contributed by atoms with Crippen LogP contribution in [0.2, 0.25) is 5.02 Å². The minimum atomic E-state index is -1.04. The van der Waals surface area contributed by atoms with Crippen LogP contribution in [0.1, 0.15) is 29.2 Å². The molecule has 1 aromatic carbocycles. The van der Waals surface area contributed by atoms with Gasteiger partial charge in [-0.1, -0.05) is 11.6 Å². The van der Waals surface area contributed by atoms with E-state index in [0.717, 1.165) is 24.6 Å². The Morgan fingerprint density at radius 1 is 1.50 bits per heavy atom. The van der Waals surface area contributed by atoms with Crippen LogP contribution >= 0.6 is 23.4 Å². The van der Waals surface area contributed by atoms with Crippen molar-refractivity contribution < 1.29 is 9.90 Å². The summed E-state index contributed by atoms with van der Waals surface area (Å²) in [5.41, 5.74) is -0.133. The van der Waals surface area contributed by atoms with Gasteiger partial charge in [0.15, 0.2) is 5.16 Å². The van der Waals surface area contributed by atoms with Crippen molar-refractivity contribution in [1.82, 2.24) is 14.8 Å². The van der Waals surface area contributed by atoms with Crippen LogP contribution in [-0.4, -0.2) is 25.8 Å². The number of halogens is 1. The van der Waals surface area contributed by atoms with Crippen molar-refractivity contribution in [3.05, 3.63) is 39.3 Å². The number of carboxylic acid groups (broad SMARTS) is 1. The first-order chi connectivity index (χ1) is 9.56. The number of benzene rings is 1. The maximum atomic E-state index is 11.7. The predicted molar refractivity (Wildman–Crippen MR) is 73.7 cm³/mol. The molecule has 0 unspecified atom stereocenters. The number of carboxylic acids is 1. The summed E-state index contributed by atoms with van der Waals surface area (Å²) in [4.78, 5) is 23.4. The number of hydrogen-bond donors (Lipinski definition) is 2. The maximum absolute atomic E-state index is 11.7. The average Bonchev–Trinajstić information content (AvgIpc) is 3.15. The lowest BCUT2D eigenvalue weighted by Gasteiger charge is -2.06. The van der Waals surface area contributed by atoms with Crippen molar-refractivity contribution in [2.45, 2.75) is 28.9 Å². The van der Waals surface area contributed by atoms with E-state index < -0.39 is 5.97 Å². The SMILES string of the molecule is O=C(O)c1ccc(Cl)cc1Sc1n[nH]c(=O)n1C1CC1. The summed E-state index contributed by atoms with van der Waals surface area (Å²) in [7, 11) is 0. The van der Waals surface area contributed by atoms with Gasteiger partial charge in [0.05, 0.1) is 5.56 Å². The Labute approximate surface area is 122 Å². The number of aromatic nitrogens is 3. The second-order valence-electron chi connectivity index (χ2n) is 4.46. The fourth-order valence-electron chi connectivity index (χ4n) is 1.87. The van der Waals surface area contributed by atoms with Crippen molar-refractivity contribution in [3.8, 4) is 0 Å². The summed E-state index contributed by atoms with van der Waals surface area (Å²) in [5, 5.41) is 16.4. The van der Waals surface area contributed by atoms with E-state index in [-0.39, 0.29) is 17.3 Å². The van der Waals surface area contributed by atoms with Gasteiger partial charge in [-0.25, -0.2) is 14.7 Å². The van der Waals surface area contributed by atoms with Crippen molar-refractivity contribution in [3.63, 3.8) is 0 Å². The minimum Gasteiger partial charge on any atom is -0.478 e. The first-order valence-electron chi connectivity index (χ1n) is 5.94. The molecule has 104 valence electrons. The van der Waals surface area contributed by atoms with E-state index in [1.165, 1.54) is 12.1 Å². The fourth-order valence-corrected chi connectivity index (χ4v) is 3.18. The van der Waals surface area contributed by atoms with Gasteiger partial charge in [-0.3, -0.25) is 4.57 Å². The molecule has 1 aromatic heterocycles. The summed E-state index contributed by atoms with van der Waals surface area (Å²) >= 11 is 7.03. The highest BCUT2D eigenvalue weighted by Crippen LogP contribution is 2.38. The van der Waals surface area contributed by atoms with Crippen molar-refractivity contribution in [2.24, 2.45) is 0 Å². The Balaban J connectivity index is 2.01. The molecule has 1 heterocycles. The number of H-pyrrole nitrogens is 1. The molecular formula is C12H10ClN3O3S. The Morgan fingerprint density at radius 2 is 2.25 bits per heavy atom. The summed E-state index contributed by atoms with van der Waals surface area (Å²) in [6.45, 7) is 0. The maximum Gasteiger partial charge on any atom is 0.344 e. The predicted octanol–water partition coefficient (Wildman–Crippen LogP) is 2.41. The molecule has 1 fully saturated rings. The zero-order chi connectivity index (χ0) is 14.3. The molecule has 1 aliphatic rings. The third-order valence-corrected chi connectivity index (χ3v) is 4.22. The van der Waals surface area contributed by atoms with Crippen LogP contribution in [0.5, 0.6) is 0 Å². The zero-order valence-corrected chi connectivity index (χ0v) is 11.7. The van der Waals surface area contributed by atoms with Gasteiger partial charge in [-0.05, 0) is 42.8 Å². The summed E-state index contributed by atoms with van der Waals surface area (Å²) in [5.74, 6) is -1.04. The van der Waals surface area contributed by atoms with E-state index in [1.807, 2.05) is 0 Å². The molecule has 2 N–H and O–H groups in total. The normalized spacial score (nSPS) is 14.4. The third-order valence-electron chi connectivity index (χ3n) is 2.96. The number of nitrogens with one attached hydrogen (secondary N) is 1. The topological polar surface area (TPSA) is 88.0 Å². The molecule has 0 bridgehead atoms. The second kappa shape index (κ2) is 4.99. The van der Waals surface area contributed by atoms with Crippen molar-refractivity contribution >= 4 is 29.3 Å². The Kier molecular flexibility index (Phi) is 3.31. The zero-order valence-electron chi connectivity index (χ0n) is 10.2. The lowest BCUT2D eigenvalue weighted by molar-refractivity contribution is 0.0693. The van der Waals surface area contributed by atoms with Crippen LogP contribution in [-0.2, 0) is 0 Å². The van der Waals surface area contributed by atoms with Gasteiger partial charge >= 0.3 is 11.7 Å². The van der Waals surface area contributed by atoms with Gasteiger partial charge < -0.3 is 5.11 Å². The molecule has 0 atom stereocenters. The number of rotatable bonds is 4. The standard InChI is InChI=1S/C12H10ClN3O3S/c13-6-1-4-8(10(17)18)9(5-6)20-12-15-14-11(19)16(12)7-2-3-7/h1,4-5,7H,2-3H2,(H,14,19)(H,17,18). The molecule has 2 aromatic rings. The summed E-state index contributed by atoms with van der Waals surface area (Å²) in [6, 6.07) is 4.69. The third kappa shape index (κ3) is 2.46. The van der Waals surface area contributed by atoms with E-state index in [1.54, 1.807) is 10.6 Å². The smallest absolute Gasteiger partial charge is 0.344 e. The molecule has 6 nitrogen and oxygen atoms in total. The van der Waals surface area contributed by atoms with Crippen molar-refractivity contribution in [1.29, 1.82) is 0 Å². The molecule has 8 heteroatoms. The fraction of sp³-hybridized carbons (Fsp3) is 0.250. The lowest BCUT2D eigenvalue weighted by Crippen LogP contribution is -2.16. The summed E-state index contributed by atoms with van der Waals surface area (Å²) in [6.07, 6.45) is 1.88. The monoisotopic (exact) mass is 311 g/mol. The van der Waals surface area contributed by atoms with Gasteiger partial charge in [0.1, 0.15) is 0 Å². The number of hydrogen-bond acceptors (Lipinski definition) is 4. The molecule has 1 aliphatic carbocycles. The van der Waals surface area contributed by atoms with Crippen LogP contribution in [0.25, 0.3) is 0 Å². The molecule has 0 aliphatic heterocycles. The second-order valence-corrected chi connectivity index (χ2v) is 5.91. The van der Waals surface area contributed by atoms with E-state index in [9.17, 15) is 14.7 Å². The molecule has 0 radical (unpaired) electrons. The van der Waals surface area contributed by atoms with E-state index >= 15 is 0 Å². The van der Waals surface area contributed by atoms with Crippen LogP contribution in [0.15, 0.2) is 33.0 Å². The van der Waals surface area contributed by atoms with Crippen LogP contribution in [0.4, 0.5) is 0 Å². The quantitative estimate of drug-likeness (QED) is 0.905. The minimum absolute atomic E-state index is 0.136. The van der Waals surface area contributed by atoms with E-state index in [0.29, 0.717) is 15.1 Å². The van der Waals surface area contributed by atoms with Gasteiger partial charge in [0.25, 0.3) is 0 Å². The molecule has 0 spiro atoms. The lowest BCUT2D eigenvalue weighted by atomic mass is 10.2. The highest BCUT2D eigenvalue weighted by atomic mass is 35.5. The van der Waals surface area contributed by atoms with Gasteiger partial charge in [0, 0.05) is 16.0 Å².